The largest absolute Gasteiger partial charge is 0.462 e. The van der Waals surface area contributed by atoms with E-state index in [-0.39, 0.29) is 43.3 Å². The van der Waals surface area contributed by atoms with Gasteiger partial charge in [0.05, 0.1) is 43.3 Å². The van der Waals surface area contributed by atoms with Gasteiger partial charge in [-0.2, -0.15) is 0 Å². The van der Waals surface area contributed by atoms with Gasteiger partial charge >= 0.3 is 23.9 Å². The van der Waals surface area contributed by atoms with Crippen LogP contribution in [-0.4, -0.2) is 37.1 Å². The molecule has 0 aliphatic heterocycles. The van der Waals surface area contributed by atoms with Gasteiger partial charge < -0.3 is 18.9 Å². The highest BCUT2D eigenvalue weighted by molar-refractivity contribution is 6.47. The lowest BCUT2D eigenvalue weighted by atomic mass is 10.1. The second-order valence-electron chi connectivity index (χ2n) is 10.5. The minimum Gasteiger partial charge on any atom is -0.462 e. The van der Waals surface area contributed by atoms with Gasteiger partial charge in [0.1, 0.15) is 11.1 Å². The molecular formula is C30H32Cl6O8. The van der Waals surface area contributed by atoms with Crippen LogP contribution in [0.5, 0.6) is 11.5 Å². The third-order valence-electron chi connectivity index (χ3n) is 6.04. The Labute approximate surface area is 286 Å². The Balaban J connectivity index is 2.26. The molecule has 0 aliphatic rings. The summed E-state index contributed by atoms with van der Waals surface area (Å²) in [4.78, 5) is 51.5. The van der Waals surface area contributed by atoms with Crippen molar-refractivity contribution in [1.29, 1.82) is 0 Å². The smallest absolute Gasteiger partial charge is 0.423 e. The van der Waals surface area contributed by atoms with E-state index in [9.17, 15) is 19.2 Å². The highest BCUT2D eigenvalue weighted by atomic mass is 35.5. The number of ether oxygens (including phenoxy) is 4. The molecule has 0 heterocycles. The van der Waals surface area contributed by atoms with Crippen molar-refractivity contribution in [3.8, 4) is 11.5 Å². The molecule has 0 saturated carbocycles. The maximum absolute atomic E-state index is 12.9. The highest BCUT2D eigenvalue weighted by Crippen LogP contribution is 2.41. The SMILES string of the molecule is CC(C)CCCCOC(=O)c1c(Cl)c(Cl)cc(Cl)c1OC(=O)C(=O)Oc1c(Cl)cc(Cl)c(Cl)c1C(=O)OCCCCC(C)C. The highest BCUT2D eigenvalue weighted by Gasteiger charge is 2.32. The maximum atomic E-state index is 12.9. The summed E-state index contributed by atoms with van der Waals surface area (Å²) in [5, 5.41) is -1.51. The van der Waals surface area contributed by atoms with Gasteiger partial charge in [-0.3, -0.25) is 0 Å². The predicted octanol–water partition coefficient (Wildman–Crippen LogP) is 10.1. The first kappa shape index (κ1) is 38.2. The molecule has 0 unspecified atom stereocenters. The number of hydrogen-bond acceptors (Lipinski definition) is 8. The average Bonchev–Trinajstić information content (AvgIpc) is 2.93. The summed E-state index contributed by atoms with van der Waals surface area (Å²) in [6, 6.07) is 2.23. The number of unbranched alkanes of at least 4 members (excludes halogenated alkanes) is 2. The van der Waals surface area contributed by atoms with E-state index in [0.717, 1.165) is 37.8 Å². The van der Waals surface area contributed by atoms with Crippen molar-refractivity contribution < 1.29 is 38.1 Å². The van der Waals surface area contributed by atoms with E-state index in [2.05, 4.69) is 27.7 Å². The van der Waals surface area contributed by atoms with Gasteiger partial charge in [0.25, 0.3) is 0 Å². The van der Waals surface area contributed by atoms with Gasteiger partial charge in [-0.1, -0.05) is 110 Å². The number of carbonyl (C=O) groups excluding carboxylic acids is 4. The summed E-state index contributed by atoms with van der Waals surface area (Å²) in [5.41, 5.74) is -0.938. The van der Waals surface area contributed by atoms with Crippen LogP contribution < -0.4 is 9.47 Å². The van der Waals surface area contributed by atoms with Crippen molar-refractivity contribution in [2.45, 2.75) is 66.2 Å². The number of esters is 4. The molecule has 2 rings (SSSR count). The number of carbonyl (C=O) groups is 4. The molecule has 2 aromatic carbocycles. The minimum absolute atomic E-state index is 0.0495. The van der Waals surface area contributed by atoms with E-state index in [1.54, 1.807) is 0 Å². The van der Waals surface area contributed by atoms with Crippen molar-refractivity contribution in [2.75, 3.05) is 13.2 Å². The van der Waals surface area contributed by atoms with Gasteiger partial charge in [0.15, 0.2) is 11.5 Å². The minimum atomic E-state index is -1.65. The molecule has 8 nitrogen and oxygen atoms in total. The maximum Gasteiger partial charge on any atom is 0.423 e. The van der Waals surface area contributed by atoms with Gasteiger partial charge in [0.2, 0.25) is 0 Å². The lowest BCUT2D eigenvalue weighted by molar-refractivity contribution is -0.156. The third-order valence-corrected chi connectivity index (χ3v) is 8.17. The van der Waals surface area contributed by atoms with E-state index in [4.69, 9.17) is 88.6 Å². The van der Waals surface area contributed by atoms with Crippen LogP contribution in [0.15, 0.2) is 12.1 Å². The molecule has 0 atom stereocenters. The summed E-state index contributed by atoms with van der Waals surface area (Å²) in [6.45, 7) is 8.39. The summed E-state index contributed by atoms with van der Waals surface area (Å²) in [5.74, 6) is -5.46. The normalized spacial score (nSPS) is 11.1. The zero-order chi connectivity index (χ0) is 33.1. The van der Waals surface area contributed by atoms with E-state index < -0.39 is 46.5 Å². The van der Waals surface area contributed by atoms with Crippen molar-refractivity contribution in [2.24, 2.45) is 11.8 Å². The molecule has 0 fully saturated rings. The van der Waals surface area contributed by atoms with E-state index in [0.29, 0.717) is 24.7 Å². The van der Waals surface area contributed by atoms with Crippen LogP contribution >= 0.6 is 69.6 Å². The molecule has 14 heteroatoms. The van der Waals surface area contributed by atoms with E-state index >= 15 is 0 Å². The Bertz CT molecular complexity index is 1270. The van der Waals surface area contributed by atoms with Crippen LogP contribution in [0.2, 0.25) is 30.1 Å². The summed E-state index contributed by atoms with van der Waals surface area (Å²) < 4.78 is 20.8. The number of benzene rings is 2. The molecule has 0 amide bonds. The molecule has 0 radical (unpaired) electrons. The summed E-state index contributed by atoms with van der Waals surface area (Å²) in [7, 11) is 0. The van der Waals surface area contributed by atoms with Crippen LogP contribution in [0, 0.1) is 11.8 Å². The molecule has 242 valence electrons. The van der Waals surface area contributed by atoms with Crippen LogP contribution in [0.1, 0.15) is 86.9 Å². The number of hydrogen-bond donors (Lipinski definition) is 0. The van der Waals surface area contributed by atoms with Crippen molar-refractivity contribution in [1.82, 2.24) is 0 Å². The molecule has 0 aliphatic carbocycles. The Kier molecular flexibility index (Phi) is 15.9. The first-order valence-electron chi connectivity index (χ1n) is 13.8. The zero-order valence-electron chi connectivity index (χ0n) is 24.5. The number of halogens is 6. The lowest BCUT2D eigenvalue weighted by Crippen LogP contribution is -2.27. The second-order valence-corrected chi connectivity index (χ2v) is 12.9. The monoisotopic (exact) mass is 730 g/mol. The molecular weight excluding hydrogens is 701 g/mol. The Hall–Kier alpha value is -1.94. The Morgan fingerprint density at radius 3 is 1.23 bits per heavy atom. The Morgan fingerprint density at radius 2 is 0.909 bits per heavy atom. The molecule has 44 heavy (non-hydrogen) atoms. The van der Waals surface area contributed by atoms with Crippen molar-refractivity contribution in [3.05, 3.63) is 53.4 Å². The fourth-order valence-electron chi connectivity index (χ4n) is 3.77. The third kappa shape index (κ3) is 11.1. The Morgan fingerprint density at radius 1 is 0.568 bits per heavy atom. The van der Waals surface area contributed by atoms with Crippen LogP contribution in [0.3, 0.4) is 0 Å². The van der Waals surface area contributed by atoms with Crippen LogP contribution in [-0.2, 0) is 19.1 Å². The molecule has 0 aromatic heterocycles. The van der Waals surface area contributed by atoms with Gasteiger partial charge in [-0.15, -0.1) is 0 Å². The predicted molar refractivity (Wildman–Crippen MR) is 172 cm³/mol. The summed E-state index contributed by atoms with van der Waals surface area (Å²) in [6.07, 6.45) is 4.65. The first-order valence-corrected chi connectivity index (χ1v) is 16.1. The quantitative estimate of drug-likeness (QED) is 0.0621. The van der Waals surface area contributed by atoms with Crippen molar-refractivity contribution in [3.63, 3.8) is 0 Å². The molecule has 0 N–H and O–H groups in total. The van der Waals surface area contributed by atoms with E-state index in [1.807, 2.05) is 0 Å². The van der Waals surface area contributed by atoms with Gasteiger partial charge in [0, 0.05) is 0 Å². The zero-order valence-corrected chi connectivity index (χ0v) is 29.0. The number of rotatable bonds is 14. The molecule has 0 spiro atoms. The standard InChI is InChI=1S/C30H32Cl6O8/c1-15(2)9-5-7-11-41-27(37)21-23(35)17(31)13-19(33)25(21)43-29(39)30(40)44-26-20(34)14-18(32)24(36)22(26)28(38)42-12-8-6-10-16(3)4/h13-16H,5-12H2,1-4H3. The average molecular weight is 733 g/mol. The fourth-order valence-corrected chi connectivity index (χ4v) is 5.21. The summed E-state index contributed by atoms with van der Waals surface area (Å²) >= 11 is 37.0. The van der Waals surface area contributed by atoms with E-state index in [1.165, 1.54) is 0 Å². The second kappa shape index (κ2) is 18.3. The van der Waals surface area contributed by atoms with Gasteiger partial charge in [-0.05, 0) is 49.7 Å². The van der Waals surface area contributed by atoms with Crippen LogP contribution in [0.4, 0.5) is 0 Å². The molecule has 0 saturated heterocycles. The van der Waals surface area contributed by atoms with Crippen LogP contribution in [0.25, 0.3) is 0 Å². The first-order chi connectivity index (χ1) is 20.6. The fraction of sp³-hybridized carbons (Fsp3) is 0.467. The topological polar surface area (TPSA) is 105 Å². The lowest BCUT2D eigenvalue weighted by Gasteiger charge is -2.15. The molecule has 2 aromatic rings. The van der Waals surface area contributed by atoms with Gasteiger partial charge in [-0.25, -0.2) is 19.2 Å². The molecule has 0 bridgehead atoms. The van der Waals surface area contributed by atoms with Crippen molar-refractivity contribution >= 4 is 93.5 Å².